The summed E-state index contributed by atoms with van der Waals surface area (Å²) in [6.45, 7) is 1.94. The first kappa shape index (κ1) is 13.9. The van der Waals surface area contributed by atoms with E-state index in [1.807, 2.05) is 13.1 Å². The van der Waals surface area contributed by atoms with E-state index >= 15 is 0 Å². The zero-order chi connectivity index (χ0) is 16.0. The lowest BCUT2D eigenvalue weighted by Gasteiger charge is -2.41. The summed E-state index contributed by atoms with van der Waals surface area (Å²) in [6.07, 6.45) is 10.3. The number of aliphatic hydroxyl groups is 1. The van der Waals surface area contributed by atoms with Crippen molar-refractivity contribution in [1.29, 1.82) is 0 Å². The van der Waals surface area contributed by atoms with Gasteiger partial charge in [-0.25, -0.2) is 9.97 Å². The van der Waals surface area contributed by atoms with Crippen LogP contribution >= 0.6 is 0 Å². The molecule has 2 N–H and O–H groups in total. The van der Waals surface area contributed by atoms with Crippen LogP contribution in [-0.4, -0.2) is 47.3 Å². The van der Waals surface area contributed by atoms with Crippen molar-refractivity contribution < 1.29 is 9.90 Å². The average Bonchev–Trinajstić information content (AvgIpc) is 3.14. The van der Waals surface area contributed by atoms with Crippen LogP contribution in [0.1, 0.15) is 28.5 Å². The van der Waals surface area contributed by atoms with E-state index in [1.54, 1.807) is 40.1 Å². The van der Waals surface area contributed by atoms with Gasteiger partial charge < -0.3 is 14.8 Å². The van der Waals surface area contributed by atoms with Crippen LogP contribution in [0, 0.1) is 6.92 Å². The topological polar surface area (TPSA) is 97.3 Å². The van der Waals surface area contributed by atoms with E-state index in [-0.39, 0.29) is 23.7 Å². The first-order valence-corrected chi connectivity index (χ1v) is 7.41. The third kappa shape index (κ3) is 2.27. The lowest BCUT2D eigenvalue weighted by atomic mass is 9.83. The number of carbonyl (C=O) groups excluding carboxylic acids is 1. The van der Waals surface area contributed by atoms with E-state index in [2.05, 4.69) is 20.4 Å². The second kappa shape index (κ2) is 5.17. The number of amides is 1. The average molecular weight is 312 g/mol. The highest BCUT2D eigenvalue weighted by atomic mass is 16.3. The van der Waals surface area contributed by atoms with Crippen LogP contribution in [0.15, 0.2) is 37.2 Å². The summed E-state index contributed by atoms with van der Waals surface area (Å²) in [7, 11) is 0. The van der Waals surface area contributed by atoms with Gasteiger partial charge in [-0.1, -0.05) is 0 Å². The van der Waals surface area contributed by atoms with Crippen molar-refractivity contribution in [1.82, 2.24) is 29.5 Å². The Balaban J connectivity index is 1.56. The number of carbonyl (C=O) groups is 1. The number of aromatic nitrogens is 5. The Morgan fingerprint density at radius 2 is 2.13 bits per heavy atom. The normalized spacial score (nSPS) is 23.7. The number of rotatable bonds is 3. The molecule has 1 fully saturated rings. The van der Waals surface area contributed by atoms with Gasteiger partial charge in [-0.3, -0.25) is 9.48 Å². The molecular weight excluding hydrogens is 296 g/mol. The maximum atomic E-state index is 12.5. The predicted octanol–water partition coefficient (Wildman–Crippen LogP) is 0.339. The highest BCUT2D eigenvalue weighted by molar-refractivity contribution is 5.98. The summed E-state index contributed by atoms with van der Waals surface area (Å²) in [5.74, 6) is -0.299. The minimum Gasteiger partial charge on any atom is -0.391 e. The Labute approximate surface area is 131 Å². The number of hydrogen-bond donors (Lipinski definition) is 2. The molecule has 0 saturated heterocycles. The molecule has 3 atom stereocenters. The zero-order valence-electron chi connectivity index (χ0n) is 12.5. The first-order valence-electron chi connectivity index (χ1n) is 7.41. The second-order valence-electron chi connectivity index (χ2n) is 5.81. The van der Waals surface area contributed by atoms with Gasteiger partial charge in [0.1, 0.15) is 0 Å². The Hall–Kier alpha value is -2.74. The van der Waals surface area contributed by atoms with Crippen molar-refractivity contribution in [3.8, 4) is 0 Å². The SMILES string of the molecule is Cc1cnn([C@H]2[C@H](O)C[C@@H]2NC(=O)c2nccn3ccnc23)c1. The van der Waals surface area contributed by atoms with E-state index in [4.69, 9.17) is 0 Å². The summed E-state index contributed by atoms with van der Waals surface area (Å²) in [6, 6.07) is -0.444. The molecule has 1 saturated carbocycles. The van der Waals surface area contributed by atoms with Gasteiger partial charge in [-0.2, -0.15) is 5.10 Å². The van der Waals surface area contributed by atoms with Crippen molar-refractivity contribution in [2.45, 2.75) is 31.5 Å². The Morgan fingerprint density at radius 1 is 1.35 bits per heavy atom. The number of aliphatic hydroxyl groups excluding tert-OH is 1. The minimum atomic E-state index is -0.519. The van der Waals surface area contributed by atoms with Crippen molar-refractivity contribution in [3.05, 3.63) is 48.4 Å². The largest absolute Gasteiger partial charge is 0.391 e. The number of hydrogen-bond acceptors (Lipinski definition) is 5. The van der Waals surface area contributed by atoms with Crippen molar-refractivity contribution in [2.24, 2.45) is 0 Å². The first-order chi connectivity index (χ1) is 11.1. The summed E-state index contributed by atoms with van der Waals surface area (Å²) in [4.78, 5) is 20.8. The zero-order valence-corrected chi connectivity index (χ0v) is 12.5. The standard InChI is InChI=1S/C15H16N6O2/c1-9-7-18-21(8-9)13-10(6-11(13)22)19-15(23)12-14-17-3-5-20(14)4-2-16-12/h2-5,7-8,10-11,13,22H,6H2,1H3,(H,19,23)/t10-,11+,13+/m0/s1. The molecular formula is C15H16N6O2. The van der Waals surface area contributed by atoms with Crippen LogP contribution in [0.5, 0.6) is 0 Å². The molecule has 0 aliphatic heterocycles. The highest BCUT2D eigenvalue weighted by Crippen LogP contribution is 2.32. The van der Waals surface area contributed by atoms with Gasteiger partial charge in [-0.15, -0.1) is 0 Å². The quantitative estimate of drug-likeness (QED) is 0.727. The monoisotopic (exact) mass is 312 g/mol. The van der Waals surface area contributed by atoms with Crippen molar-refractivity contribution >= 4 is 11.6 Å². The second-order valence-corrected chi connectivity index (χ2v) is 5.81. The summed E-state index contributed by atoms with van der Waals surface area (Å²) < 4.78 is 3.45. The summed E-state index contributed by atoms with van der Waals surface area (Å²) in [5, 5.41) is 17.2. The molecule has 23 heavy (non-hydrogen) atoms. The van der Waals surface area contributed by atoms with Crippen LogP contribution < -0.4 is 5.32 Å². The number of imidazole rings is 1. The molecule has 4 rings (SSSR count). The molecule has 1 amide bonds. The molecule has 0 aromatic carbocycles. The van der Waals surface area contributed by atoms with Gasteiger partial charge in [0.2, 0.25) is 0 Å². The maximum absolute atomic E-state index is 12.5. The van der Waals surface area contributed by atoms with E-state index in [0.29, 0.717) is 12.1 Å². The molecule has 3 heterocycles. The summed E-state index contributed by atoms with van der Waals surface area (Å²) >= 11 is 0. The van der Waals surface area contributed by atoms with Crippen molar-refractivity contribution in [2.75, 3.05) is 0 Å². The number of fused-ring (bicyclic) bond motifs is 1. The molecule has 0 bridgehead atoms. The fraction of sp³-hybridized carbons (Fsp3) is 0.333. The predicted molar refractivity (Wildman–Crippen MR) is 80.9 cm³/mol. The van der Waals surface area contributed by atoms with Crippen LogP contribution in [0.2, 0.25) is 0 Å². The fourth-order valence-corrected chi connectivity index (χ4v) is 2.96. The molecule has 8 heteroatoms. The molecule has 3 aromatic heterocycles. The number of aryl methyl sites for hydroxylation is 1. The lowest BCUT2D eigenvalue weighted by molar-refractivity contribution is -0.00595. The van der Waals surface area contributed by atoms with Gasteiger partial charge >= 0.3 is 0 Å². The maximum Gasteiger partial charge on any atom is 0.274 e. The molecule has 0 unspecified atom stereocenters. The van der Waals surface area contributed by atoms with E-state index in [1.165, 1.54) is 0 Å². The lowest BCUT2D eigenvalue weighted by Crippen LogP contribution is -2.56. The Morgan fingerprint density at radius 3 is 2.83 bits per heavy atom. The van der Waals surface area contributed by atoms with Crippen LogP contribution in [0.3, 0.4) is 0 Å². The van der Waals surface area contributed by atoms with E-state index < -0.39 is 6.10 Å². The van der Waals surface area contributed by atoms with Crippen LogP contribution in [0.25, 0.3) is 5.65 Å². The van der Waals surface area contributed by atoms with Gasteiger partial charge in [0, 0.05) is 31.0 Å². The van der Waals surface area contributed by atoms with Gasteiger partial charge in [-0.05, 0) is 18.9 Å². The van der Waals surface area contributed by atoms with Crippen LogP contribution in [0.4, 0.5) is 0 Å². The molecule has 0 radical (unpaired) electrons. The van der Waals surface area contributed by atoms with E-state index in [0.717, 1.165) is 5.56 Å². The molecule has 1 aliphatic rings. The number of nitrogens with zero attached hydrogens (tertiary/aromatic N) is 5. The minimum absolute atomic E-state index is 0.186. The Bertz CT molecular complexity index is 870. The molecule has 1 aliphatic carbocycles. The Kier molecular flexibility index (Phi) is 3.12. The molecule has 8 nitrogen and oxygen atoms in total. The fourth-order valence-electron chi connectivity index (χ4n) is 2.96. The van der Waals surface area contributed by atoms with E-state index in [9.17, 15) is 9.90 Å². The third-order valence-electron chi connectivity index (χ3n) is 4.18. The van der Waals surface area contributed by atoms with Gasteiger partial charge in [0.15, 0.2) is 11.3 Å². The highest BCUT2D eigenvalue weighted by Gasteiger charge is 2.43. The molecule has 0 spiro atoms. The third-order valence-corrected chi connectivity index (χ3v) is 4.18. The van der Waals surface area contributed by atoms with Crippen molar-refractivity contribution in [3.63, 3.8) is 0 Å². The molecule has 3 aromatic rings. The van der Waals surface area contributed by atoms with Crippen LogP contribution in [-0.2, 0) is 0 Å². The van der Waals surface area contributed by atoms with Gasteiger partial charge in [0.05, 0.1) is 24.4 Å². The molecule has 118 valence electrons. The van der Waals surface area contributed by atoms with Gasteiger partial charge in [0.25, 0.3) is 5.91 Å². The smallest absolute Gasteiger partial charge is 0.274 e. The summed E-state index contributed by atoms with van der Waals surface area (Å²) in [5.41, 5.74) is 1.80. The number of nitrogens with one attached hydrogen (secondary N) is 1.